The minimum absolute atomic E-state index is 0.102. The maximum atomic E-state index is 12.8. The molecule has 1 rings (SSSR count). The standard InChI is InChI=1S/C45H85O13P/c1-3-5-7-9-11-13-15-17-19-21-23-25-27-29-31-33-38(46)55-35-37(36-56-59(53,54)58-45-43(51)41(49)40(48)42(50)44(45)52)57-39(47)34-32-30-28-26-24-22-20-18-16-14-12-10-8-6-4-2/h9,11,37,40-45,48-52H,3-8,10,12-36H2,1-2H3,(H,53,54)/b11-9+/t37-,40?,41-,42?,43?,44?,45?/m1/s1. The molecule has 8 atom stereocenters. The van der Waals surface area contributed by atoms with Gasteiger partial charge in [-0.15, -0.1) is 0 Å². The van der Waals surface area contributed by atoms with Crippen LogP contribution >= 0.6 is 7.82 Å². The van der Waals surface area contributed by atoms with E-state index in [9.17, 15) is 44.6 Å². The third-order valence-corrected chi connectivity index (χ3v) is 12.1. The van der Waals surface area contributed by atoms with E-state index in [-0.39, 0.29) is 12.8 Å². The zero-order valence-electron chi connectivity index (χ0n) is 36.8. The largest absolute Gasteiger partial charge is 0.472 e. The van der Waals surface area contributed by atoms with Gasteiger partial charge in [0.15, 0.2) is 6.10 Å². The number of allylic oxidation sites excluding steroid dienone is 2. The van der Waals surface area contributed by atoms with Gasteiger partial charge in [-0.3, -0.25) is 18.6 Å². The fraction of sp³-hybridized carbons (Fsp3) is 0.911. The van der Waals surface area contributed by atoms with Crippen LogP contribution in [0.15, 0.2) is 12.2 Å². The first kappa shape index (κ1) is 55.6. The van der Waals surface area contributed by atoms with Crippen molar-refractivity contribution in [3.05, 3.63) is 12.2 Å². The average molecular weight is 865 g/mol. The van der Waals surface area contributed by atoms with Gasteiger partial charge in [-0.1, -0.05) is 174 Å². The topological polar surface area (TPSA) is 210 Å². The van der Waals surface area contributed by atoms with Crippen LogP contribution in [0.4, 0.5) is 0 Å². The first-order valence-corrected chi connectivity index (χ1v) is 25.0. The fourth-order valence-electron chi connectivity index (χ4n) is 7.27. The minimum Gasteiger partial charge on any atom is -0.462 e. The number of carbonyl (C=O) groups excluding carboxylic acids is 2. The van der Waals surface area contributed by atoms with Crippen molar-refractivity contribution < 1.29 is 63.1 Å². The summed E-state index contributed by atoms with van der Waals surface area (Å²) in [5.74, 6) is -1.09. The summed E-state index contributed by atoms with van der Waals surface area (Å²) in [5.41, 5.74) is 0. The highest BCUT2D eigenvalue weighted by atomic mass is 31.2. The molecular weight excluding hydrogens is 779 g/mol. The summed E-state index contributed by atoms with van der Waals surface area (Å²) in [6, 6.07) is 0. The Bertz CT molecular complexity index is 1090. The second-order valence-electron chi connectivity index (χ2n) is 16.6. The van der Waals surface area contributed by atoms with E-state index in [1.54, 1.807) is 0 Å². The van der Waals surface area contributed by atoms with Crippen LogP contribution in [-0.2, 0) is 32.7 Å². The summed E-state index contributed by atoms with van der Waals surface area (Å²) in [6.45, 7) is 3.28. The van der Waals surface area contributed by atoms with Crippen molar-refractivity contribution in [3.8, 4) is 0 Å². The van der Waals surface area contributed by atoms with Crippen LogP contribution in [0.1, 0.15) is 206 Å². The quantitative estimate of drug-likeness (QED) is 0.0148. The van der Waals surface area contributed by atoms with Crippen LogP contribution in [0.5, 0.6) is 0 Å². The number of hydrogen-bond acceptors (Lipinski definition) is 12. The molecule has 6 N–H and O–H groups in total. The first-order valence-electron chi connectivity index (χ1n) is 23.5. The Morgan fingerprint density at radius 2 is 0.881 bits per heavy atom. The Hall–Kier alpha value is -1.41. The third-order valence-electron chi connectivity index (χ3n) is 11.1. The SMILES string of the molecule is CCCC/C=C/CCCCCCCCCCCC(=O)OC[C@H](COP(=O)(O)OC1C(O)C(O)C(O)[C@@H](O)C1O)OC(=O)CCCCCCCCCCCCCCCCC. The lowest BCUT2D eigenvalue weighted by Crippen LogP contribution is -2.64. The van der Waals surface area contributed by atoms with Crippen LogP contribution in [0.2, 0.25) is 0 Å². The molecule has 1 saturated carbocycles. The van der Waals surface area contributed by atoms with Crippen LogP contribution in [0.25, 0.3) is 0 Å². The van der Waals surface area contributed by atoms with E-state index in [0.29, 0.717) is 12.8 Å². The van der Waals surface area contributed by atoms with Gasteiger partial charge in [-0.25, -0.2) is 4.57 Å². The maximum absolute atomic E-state index is 12.8. The van der Waals surface area contributed by atoms with Crippen molar-refractivity contribution in [3.63, 3.8) is 0 Å². The Morgan fingerprint density at radius 3 is 1.34 bits per heavy atom. The Balaban J connectivity index is 2.44. The number of hydrogen-bond donors (Lipinski definition) is 6. The number of rotatable bonds is 39. The predicted octanol–water partition coefficient (Wildman–Crippen LogP) is 9.06. The van der Waals surface area contributed by atoms with Gasteiger partial charge >= 0.3 is 19.8 Å². The van der Waals surface area contributed by atoms with Gasteiger partial charge in [0.05, 0.1) is 6.61 Å². The van der Waals surface area contributed by atoms with E-state index in [1.165, 1.54) is 122 Å². The molecule has 1 fully saturated rings. The highest BCUT2D eigenvalue weighted by Gasteiger charge is 2.51. The van der Waals surface area contributed by atoms with Gasteiger partial charge in [-0.2, -0.15) is 0 Å². The van der Waals surface area contributed by atoms with E-state index in [0.717, 1.165) is 44.9 Å². The molecule has 0 heterocycles. The lowest BCUT2D eigenvalue weighted by Gasteiger charge is -2.41. The number of carbonyl (C=O) groups is 2. The van der Waals surface area contributed by atoms with Gasteiger partial charge in [0, 0.05) is 12.8 Å². The molecule has 0 bridgehead atoms. The molecule has 59 heavy (non-hydrogen) atoms. The molecule has 1 aliphatic carbocycles. The number of esters is 2. The zero-order valence-corrected chi connectivity index (χ0v) is 37.7. The van der Waals surface area contributed by atoms with Gasteiger partial charge in [0.1, 0.15) is 43.2 Å². The lowest BCUT2D eigenvalue weighted by atomic mass is 9.85. The summed E-state index contributed by atoms with van der Waals surface area (Å²) in [4.78, 5) is 35.7. The van der Waals surface area contributed by atoms with Crippen molar-refractivity contribution in [2.24, 2.45) is 0 Å². The van der Waals surface area contributed by atoms with E-state index in [1.807, 2.05) is 0 Å². The molecule has 0 aromatic rings. The second kappa shape index (κ2) is 36.1. The first-order chi connectivity index (χ1) is 28.4. The van der Waals surface area contributed by atoms with Crippen molar-refractivity contribution in [1.82, 2.24) is 0 Å². The summed E-state index contributed by atoms with van der Waals surface area (Å²) in [7, 11) is -5.11. The van der Waals surface area contributed by atoms with Crippen molar-refractivity contribution >= 4 is 19.8 Å². The molecular formula is C45H85O13P. The van der Waals surface area contributed by atoms with Gasteiger partial charge < -0.3 is 39.9 Å². The normalized spacial score (nSPS) is 22.4. The van der Waals surface area contributed by atoms with Crippen LogP contribution < -0.4 is 0 Å². The van der Waals surface area contributed by atoms with Crippen LogP contribution in [0.3, 0.4) is 0 Å². The molecule has 1 aliphatic rings. The fourth-order valence-corrected chi connectivity index (χ4v) is 8.24. The summed E-state index contributed by atoms with van der Waals surface area (Å²) < 4.78 is 33.5. The smallest absolute Gasteiger partial charge is 0.462 e. The molecule has 0 radical (unpaired) electrons. The number of unbranched alkanes of at least 4 members (excludes halogenated alkanes) is 25. The number of phosphoric ester groups is 1. The average Bonchev–Trinajstić information content (AvgIpc) is 3.21. The zero-order chi connectivity index (χ0) is 43.6. The molecule has 14 heteroatoms. The Kier molecular flexibility index (Phi) is 34.0. The van der Waals surface area contributed by atoms with E-state index in [2.05, 4.69) is 26.0 Å². The second-order valence-corrected chi connectivity index (χ2v) is 18.0. The number of aliphatic hydroxyl groups is 5. The molecule has 0 aromatic heterocycles. The molecule has 0 amide bonds. The van der Waals surface area contributed by atoms with Gasteiger partial charge in [-0.05, 0) is 32.1 Å². The third kappa shape index (κ3) is 28.7. The minimum atomic E-state index is -5.11. The lowest BCUT2D eigenvalue weighted by molar-refractivity contribution is -0.220. The molecule has 0 saturated heterocycles. The molecule has 6 unspecified atom stereocenters. The Labute approximate surface area is 356 Å². The van der Waals surface area contributed by atoms with Crippen molar-refractivity contribution in [2.75, 3.05) is 13.2 Å². The molecule has 13 nitrogen and oxygen atoms in total. The summed E-state index contributed by atoms with van der Waals surface area (Å²) in [6.07, 6.45) is 24.0. The predicted molar refractivity (Wildman–Crippen MR) is 231 cm³/mol. The van der Waals surface area contributed by atoms with Gasteiger partial charge in [0.2, 0.25) is 0 Å². The maximum Gasteiger partial charge on any atom is 0.472 e. The molecule has 0 aromatic carbocycles. The number of aliphatic hydroxyl groups excluding tert-OH is 5. The summed E-state index contributed by atoms with van der Waals surface area (Å²) >= 11 is 0. The van der Waals surface area contributed by atoms with E-state index >= 15 is 0 Å². The molecule has 0 spiro atoms. The Morgan fingerprint density at radius 1 is 0.508 bits per heavy atom. The number of ether oxygens (including phenoxy) is 2. The number of phosphoric acid groups is 1. The van der Waals surface area contributed by atoms with Crippen molar-refractivity contribution in [1.29, 1.82) is 0 Å². The van der Waals surface area contributed by atoms with Crippen LogP contribution in [-0.4, -0.2) is 98.3 Å². The highest BCUT2D eigenvalue weighted by Crippen LogP contribution is 2.47. The summed E-state index contributed by atoms with van der Waals surface area (Å²) in [5, 5.41) is 50.1. The molecule has 0 aliphatic heterocycles. The highest BCUT2D eigenvalue weighted by molar-refractivity contribution is 7.47. The van der Waals surface area contributed by atoms with Crippen molar-refractivity contribution in [2.45, 2.75) is 249 Å². The van der Waals surface area contributed by atoms with Gasteiger partial charge in [0.25, 0.3) is 0 Å². The molecule has 348 valence electrons. The monoisotopic (exact) mass is 865 g/mol. The van der Waals surface area contributed by atoms with Crippen LogP contribution in [0, 0.1) is 0 Å². The van der Waals surface area contributed by atoms with E-state index in [4.69, 9.17) is 18.5 Å². The van der Waals surface area contributed by atoms with E-state index < -0.39 is 75.7 Å².